The Morgan fingerprint density at radius 3 is 2.68 bits per heavy atom. The maximum atomic E-state index is 13.1. The van der Waals surface area contributed by atoms with E-state index in [4.69, 9.17) is 5.26 Å². The van der Waals surface area contributed by atoms with Gasteiger partial charge in [-0.25, -0.2) is 17.5 Å². The molecular formula is C11H13FN2O3S2. The summed E-state index contributed by atoms with van der Waals surface area (Å²) in [5, 5.41) is 8.31. The summed E-state index contributed by atoms with van der Waals surface area (Å²) >= 11 is 0. The molecule has 0 radical (unpaired) electrons. The van der Waals surface area contributed by atoms with Crippen molar-refractivity contribution in [3.63, 3.8) is 0 Å². The van der Waals surface area contributed by atoms with Crippen molar-refractivity contribution < 1.29 is 17.0 Å². The Bertz CT molecular complexity index is 638. The molecule has 2 atom stereocenters. The predicted octanol–water partition coefficient (Wildman–Crippen LogP) is 0.743. The van der Waals surface area contributed by atoms with E-state index in [1.54, 1.807) is 13.0 Å². The number of nitriles is 1. The number of hydrogen-bond acceptors (Lipinski definition) is 4. The lowest BCUT2D eigenvalue weighted by Gasteiger charge is -2.10. The lowest BCUT2D eigenvalue weighted by molar-refractivity contribution is 0.579. The van der Waals surface area contributed by atoms with Crippen LogP contribution in [-0.2, 0) is 20.8 Å². The zero-order valence-electron chi connectivity index (χ0n) is 10.4. The minimum atomic E-state index is -3.84. The number of nitrogens with one attached hydrogen (secondary N) is 1. The molecular weight excluding hydrogens is 291 g/mol. The molecule has 0 aliphatic heterocycles. The first-order valence-electron chi connectivity index (χ1n) is 5.29. The molecule has 104 valence electrons. The summed E-state index contributed by atoms with van der Waals surface area (Å²) in [5.74, 6) is -0.774. The van der Waals surface area contributed by atoms with E-state index in [0.29, 0.717) is 0 Å². The molecule has 0 spiro atoms. The zero-order valence-corrected chi connectivity index (χ0v) is 12.0. The van der Waals surface area contributed by atoms with Crippen LogP contribution in [0.2, 0.25) is 0 Å². The molecule has 1 N–H and O–H groups in total. The Balaban J connectivity index is 2.96. The SMILES string of the molecule is CC(CNS(=O)(=O)c1ccc(F)c(C#N)c1)S(C)=O. The molecule has 1 aromatic carbocycles. The lowest BCUT2D eigenvalue weighted by atomic mass is 10.2. The van der Waals surface area contributed by atoms with E-state index in [1.165, 1.54) is 6.26 Å². The zero-order chi connectivity index (χ0) is 14.6. The van der Waals surface area contributed by atoms with Gasteiger partial charge in [-0.2, -0.15) is 5.26 Å². The summed E-state index contributed by atoms with van der Waals surface area (Å²) in [6.07, 6.45) is 1.48. The van der Waals surface area contributed by atoms with Gasteiger partial charge < -0.3 is 0 Å². The second-order valence-corrected chi connectivity index (χ2v) is 7.48. The molecule has 8 heteroatoms. The Morgan fingerprint density at radius 1 is 1.53 bits per heavy atom. The maximum Gasteiger partial charge on any atom is 0.240 e. The smallest absolute Gasteiger partial charge is 0.240 e. The van der Waals surface area contributed by atoms with Crippen molar-refractivity contribution in [3.05, 3.63) is 29.6 Å². The van der Waals surface area contributed by atoms with Crippen LogP contribution in [0, 0.1) is 17.1 Å². The van der Waals surface area contributed by atoms with E-state index in [0.717, 1.165) is 18.2 Å². The van der Waals surface area contributed by atoms with Gasteiger partial charge in [0.05, 0.1) is 10.5 Å². The van der Waals surface area contributed by atoms with Crippen molar-refractivity contribution in [1.29, 1.82) is 5.26 Å². The largest absolute Gasteiger partial charge is 0.260 e. The normalized spacial score (nSPS) is 14.6. The highest BCUT2D eigenvalue weighted by molar-refractivity contribution is 7.89. The topological polar surface area (TPSA) is 87.0 Å². The second kappa shape index (κ2) is 6.23. The predicted molar refractivity (Wildman–Crippen MR) is 69.8 cm³/mol. The standard InChI is InChI=1S/C11H13FN2O3S2/c1-8(18(2)15)7-14-19(16,17)10-3-4-11(12)9(5-10)6-13/h3-5,8,14H,7H2,1-2H3. The molecule has 0 fully saturated rings. The van der Waals surface area contributed by atoms with Crippen molar-refractivity contribution in [2.45, 2.75) is 17.1 Å². The van der Waals surface area contributed by atoms with E-state index in [-0.39, 0.29) is 22.3 Å². The van der Waals surface area contributed by atoms with Crippen LogP contribution in [-0.4, -0.2) is 30.7 Å². The number of halogens is 1. The van der Waals surface area contributed by atoms with E-state index in [1.807, 2.05) is 0 Å². The van der Waals surface area contributed by atoms with Crippen LogP contribution >= 0.6 is 0 Å². The average molecular weight is 304 g/mol. The van der Waals surface area contributed by atoms with Gasteiger partial charge in [-0.3, -0.25) is 4.21 Å². The lowest BCUT2D eigenvalue weighted by Crippen LogP contribution is -2.32. The summed E-state index contributed by atoms with van der Waals surface area (Å²) in [6.45, 7) is 1.65. The summed E-state index contributed by atoms with van der Waals surface area (Å²) in [7, 11) is -4.99. The fraction of sp³-hybridized carbons (Fsp3) is 0.364. The molecule has 0 heterocycles. The fourth-order valence-electron chi connectivity index (χ4n) is 1.18. The quantitative estimate of drug-likeness (QED) is 0.869. The third kappa shape index (κ3) is 4.09. The van der Waals surface area contributed by atoms with Crippen molar-refractivity contribution in [1.82, 2.24) is 4.72 Å². The molecule has 0 saturated carbocycles. The first-order valence-corrected chi connectivity index (χ1v) is 8.40. The molecule has 2 unspecified atom stereocenters. The molecule has 0 aromatic heterocycles. The number of rotatable bonds is 5. The number of benzene rings is 1. The molecule has 1 rings (SSSR count). The Labute approximate surface area is 113 Å². The van der Waals surface area contributed by atoms with Crippen LogP contribution < -0.4 is 4.72 Å². The molecule has 5 nitrogen and oxygen atoms in total. The highest BCUT2D eigenvalue weighted by Gasteiger charge is 2.18. The maximum absolute atomic E-state index is 13.1. The van der Waals surface area contributed by atoms with Gasteiger partial charge in [0, 0.05) is 28.9 Å². The summed E-state index contributed by atoms with van der Waals surface area (Å²) in [5.41, 5.74) is -0.338. The van der Waals surface area contributed by atoms with Crippen LogP contribution in [0.25, 0.3) is 0 Å². The minimum absolute atomic E-state index is 0.00467. The summed E-state index contributed by atoms with van der Waals surface area (Å²) in [4.78, 5) is -0.195. The van der Waals surface area contributed by atoms with Gasteiger partial charge in [-0.05, 0) is 25.1 Å². The van der Waals surface area contributed by atoms with Gasteiger partial charge >= 0.3 is 0 Å². The van der Waals surface area contributed by atoms with Crippen LogP contribution in [0.5, 0.6) is 0 Å². The minimum Gasteiger partial charge on any atom is -0.260 e. The van der Waals surface area contributed by atoms with E-state index in [9.17, 15) is 17.0 Å². The van der Waals surface area contributed by atoms with Gasteiger partial charge in [0.25, 0.3) is 0 Å². The monoisotopic (exact) mass is 304 g/mol. The van der Waals surface area contributed by atoms with Crippen molar-refractivity contribution in [2.24, 2.45) is 0 Å². The van der Waals surface area contributed by atoms with E-state index in [2.05, 4.69) is 4.72 Å². The van der Waals surface area contributed by atoms with Gasteiger partial charge in [0.15, 0.2) is 0 Å². The Hall–Kier alpha value is -1.30. The molecule has 0 bridgehead atoms. The molecule has 0 amide bonds. The number of nitrogens with zero attached hydrogens (tertiary/aromatic N) is 1. The van der Waals surface area contributed by atoms with Crippen molar-refractivity contribution in [3.8, 4) is 6.07 Å². The van der Waals surface area contributed by atoms with Crippen LogP contribution in [0.3, 0.4) is 0 Å². The van der Waals surface area contributed by atoms with Gasteiger partial charge in [0.2, 0.25) is 10.0 Å². The second-order valence-electron chi connectivity index (χ2n) is 3.91. The average Bonchev–Trinajstić information content (AvgIpc) is 2.36. The third-order valence-corrected chi connectivity index (χ3v) is 5.22. The van der Waals surface area contributed by atoms with Gasteiger partial charge in [-0.1, -0.05) is 0 Å². The van der Waals surface area contributed by atoms with Crippen LogP contribution in [0.15, 0.2) is 23.1 Å². The van der Waals surface area contributed by atoms with Gasteiger partial charge in [0.1, 0.15) is 11.9 Å². The third-order valence-electron chi connectivity index (χ3n) is 2.50. The fourth-order valence-corrected chi connectivity index (χ4v) is 2.76. The summed E-state index contributed by atoms with van der Waals surface area (Å²) in [6, 6.07) is 4.54. The van der Waals surface area contributed by atoms with Crippen LogP contribution in [0.4, 0.5) is 4.39 Å². The number of sulfonamides is 1. The first kappa shape index (κ1) is 15.8. The first-order chi connectivity index (χ1) is 8.77. The van der Waals surface area contributed by atoms with Crippen molar-refractivity contribution >= 4 is 20.8 Å². The molecule has 0 aliphatic rings. The summed E-state index contributed by atoms with van der Waals surface area (Å²) < 4.78 is 50.3. The highest BCUT2D eigenvalue weighted by Crippen LogP contribution is 2.14. The molecule has 19 heavy (non-hydrogen) atoms. The molecule has 0 aliphatic carbocycles. The van der Waals surface area contributed by atoms with Crippen molar-refractivity contribution in [2.75, 3.05) is 12.8 Å². The molecule has 1 aromatic rings. The Kier molecular flexibility index (Phi) is 5.17. The highest BCUT2D eigenvalue weighted by atomic mass is 32.2. The van der Waals surface area contributed by atoms with E-state index < -0.39 is 26.6 Å². The molecule has 0 saturated heterocycles. The Morgan fingerprint density at radius 2 is 2.16 bits per heavy atom. The van der Waals surface area contributed by atoms with Crippen LogP contribution in [0.1, 0.15) is 12.5 Å². The van der Waals surface area contributed by atoms with E-state index >= 15 is 0 Å². The number of hydrogen-bond donors (Lipinski definition) is 1. The van der Waals surface area contributed by atoms with Gasteiger partial charge in [-0.15, -0.1) is 0 Å².